The Balaban J connectivity index is 1.58. The Morgan fingerprint density at radius 3 is 2.35 bits per heavy atom. The highest BCUT2D eigenvalue weighted by molar-refractivity contribution is 6.00. The van der Waals surface area contributed by atoms with Gasteiger partial charge in [-0.2, -0.15) is 5.10 Å². The van der Waals surface area contributed by atoms with Gasteiger partial charge >= 0.3 is 0 Å². The summed E-state index contributed by atoms with van der Waals surface area (Å²) in [5.74, 6) is 0.515. The molecule has 0 fully saturated rings. The van der Waals surface area contributed by atoms with E-state index in [0.29, 0.717) is 17.9 Å². The third-order valence-corrected chi connectivity index (χ3v) is 3.79. The maximum atomic E-state index is 12.0. The van der Waals surface area contributed by atoms with Crippen molar-refractivity contribution < 1.29 is 9.53 Å². The van der Waals surface area contributed by atoms with Crippen molar-refractivity contribution in [2.45, 2.75) is 13.5 Å². The first-order valence-corrected chi connectivity index (χ1v) is 8.24. The number of hydrogen-bond acceptors (Lipinski definition) is 4. The Morgan fingerprint density at radius 1 is 0.962 bits per heavy atom. The van der Waals surface area contributed by atoms with Crippen LogP contribution in [0.4, 0.5) is 0 Å². The average Bonchev–Trinajstić information content (AvgIpc) is 2.72. The molecule has 0 unspecified atom stereocenters. The number of pyridine rings is 1. The Kier molecular flexibility index (Phi) is 5.72. The molecule has 0 radical (unpaired) electrons. The molecular weight excluding hydrogens is 326 g/mol. The molecule has 5 heteroatoms. The second-order valence-electron chi connectivity index (χ2n) is 5.67. The predicted molar refractivity (Wildman–Crippen MR) is 101 cm³/mol. The number of nitrogens with one attached hydrogen (secondary N) is 1. The molecule has 0 aliphatic heterocycles. The second kappa shape index (κ2) is 8.58. The maximum Gasteiger partial charge on any atom is 0.271 e. The quantitative estimate of drug-likeness (QED) is 0.546. The van der Waals surface area contributed by atoms with E-state index in [0.717, 1.165) is 16.9 Å². The molecule has 26 heavy (non-hydrogen) atoms. The number of rotatable bonds is 6. The van der Waals surface area contributed by atoms with Crippen LogP contribution >= 0.6 is 0 Å². The summed E-state index contributed by atoms with van der Waals surface area (Å²) in [6, 6.07) is 20.9. The lowest BCUT2D eigenvalue weighted by atomic mass is 10.1. The molecule has 130 valence electrons. The van der Waals surface area contributed by atoms with Crippen molar-refractivity contribution in [3.8, 4) is 5.75 Å². The highest BCUT2D eigenvalue weighted by atomic mass is 16.5. The number of benzene rings is 2. The van der Waals surface area contributed by atoms with Crippen molar-refractivity contribution in [1.82, 2.24) is 10.4 Å². The van der Waals surface area contributed by atoms with Gasteiger partial charge in [-0.25, -0.2) is 5.43 Å². The summed E-state index contributed by atoms with van der Waals surface area (Å²) >= 11 is 0. The van der Waals surface area contributed by atoms with Crippen molar-refractivity contribution in [3.63, 3.8) is 0 Å². The molecule has 0 spiro atoms. The van der Waals surface area contributed by atoms with Crippen LogP contribution in [0.1, 0.15) is 28.4 Å². The number of ether oxygens (including phenoxy) is 1. The fourth-order valence-electron chi connectivity index (χ4n) is 2.30. The molecule has 1 amide bonds. The SMILES string of the molecule is CC(=NNC(=O)c1ccncc1)c1ccc(OCc2ccccc2)cc1. The number of hydrogen-bond donors (Lipinski definition) is 1. The van der Waals surface area contributed by atoms with Crippen molar-refractivity contribution >= 4 is 11.6 Å². The molecule has 0 aliphatic carbocycles. The minimum Gasteiger partial charge on any atom is -0.489 e. The number of amides is 1. The second-order valence-corrected chi connectivity index (χ2v) is 5.67. The van der Waals surface area contributed by atoms with Crippen LogP contribution in [0.5, 0.6) is 5.75 Å². The monoisotopic (exact) mass is 345 g/mol. The van der Waals surface area contributed by atoms with Gasteiger partial charge in [0.05, 0.1) is 5.71 Å². The Bertz CT molecular complexity index is 876. The van der Waals surface area contributed by atoms with Crippen LogP contribution in [0.3, 0.4) is 0 Å². The van der Waals surface area contributed by atoms with E-state index in [1.165, 1.54) is 0 Å². The highest BCUT2D eigenvalue weighted by Crippen LogP contribution is 2.14. The predicted octanol–water partition coefficient (Wildman–Crippen LogP) is 3.81. The largest absolute Gasteiger partial charge is 0.489 e. The van der Waals surface area contributed by atoms with Gasteiger partial charge in [-0.1, -0.05) is 30.3 Å². The smallest absolute Gasteiger partial charge is 0.271 e. The van der Waals surface area contributed by atoms with Gasteiger partial charge in [0, 0.05) is 18.0 Å². The molecule has 5 nitrogen and oxygen atoms in total. The fourth-order valence-corrected chi connectivity index (χ4v) is 2.30. The van der Waals surface area contributed by atoms with Crippen LogP contribution in [-0.2, 0) is 6.61 Å². The zero-order chi connectivity index (χ0) is 18.2. The Hall–Kier alpha value is -3.47. The summed E-state index contributed by atoms with van der Waals surface area (Å²) < 4.78 is 5.77. The van der Waals surface area contributed by atoms with Gasteiger partial charge in [0.2, 0.25) is 0 Å². The summed E-state index contributed by atoms with van der Waals surface area (Å²) in [5, 5.41) is 4.15. The molecule has 3 aromatic rings. The van der Waals surface area contributed by atoms with Gasteiger partial charge in [-0.15, -0.1) is 0 Å². The molecule has 3 rings (SSSR count). The number of hydrazone groups is 1. The Morgan fingerprint density at radius 2 is 1.65 bits per heavy atom. The van der Waals surface area contributed by atoms with Crippen LogP contribution in [0.15, 0.2) is 84.2 Å². The van der Waals surface area contributed by atoms with Crippen molar-refractivity contribution in [2.24, 2.45) is 5.10 Å². The highest BCUT2D eigenvalue weighted by Gasteiger charge is 2.04. The zero-order valence-corrected chi connectivity index (χ0v) is 14.4. The van der Waals surface area contributed by atoms with E-state index in [4.69, 9.17) is 4.74 Å². The molecular formula is C21H19N3O2. The van der Waals surface area contributed by atoms with Crippen molar-refractivity contribution in [1.29, 1.82) is 0 Å². The van der Waals surface area contributed by atoms with Crippen molar-refractivity contribution in [3.05, 3.63) is 95.8 Å². The van der Waals surface area contributed by atoms with Gasteiger partial charge in [0.15, 0.2) is 0 Å². The molecule has 2 aromatic carbocycles. The third kappa shape index (κ3) is 4.77. The molecule has 1 N–H and O–H groups in total. The van der Waals surface area contributed by atoms with Crippen LogP contribution < -0.4 is 10.2 Å². The topological polar surface area (TPSA) is 63.6 Å². The van der Waals surface area contributed by atoms with E-state index >= 15 is 0 Å². The van der Waals surface area contributed by atoms with E-state index in [1.807, 2.05) is 61.5 Å². The minimum atomic E-state index is -0.269. The van der Waals surface area contributed by atoms with Gasteiger partial charge < -0.3 is 4.74 Å². The standard InChI is InChI=1S/C21H19N3O2/c1-16(23-24-21(25)19-11-13-22-14-12-19)18-7-9-20(10-8-18)26-15-17-5-3-2-4-6-17/h2-14H,15H2,1H3,(H,24,25). The number of carbonyl (C=O) groups excluding carboxylic acids is 1. The molecule has 0 atom stereocenters. The number of carbonyl (C=O) groups is 1. The van der Waals surface area contributed by atoms with Crippen LogP contribution in [0.2, 0.25) is 0 Å². The molecule has 1 aromatic heterocycles. The van der Waals surface area contributed by atoms with E-state index in [1.54, 1.807) is 24.5 Å². The third-order valence-electron chi connectivity index (χ3n) is 3.79. The number of aromatic nitrogens is 1. The normalized spacial score (nSPS) is 11.0. The lowest BCUT2D eigenvalue weighted by molar-refractivity contribution is 0.0954. The van der Waals surface area contributed by atoms with E-state index in [-0.39, 0.29) is 5.91 Å². The molecule has 0 saturated carbocycles. The summed E-state index contributed by atoms with van der Waals surface area (Å²) in [5.41, 5.74) is 5.80. The fraction of sp³-hybridized carbons (Fsp3) is 0.0952. The molecule has 0 saturated heterocycles. The summed E-state index contributed by atoms with van der Waals surface area (Å²) in [6.07, 6.45) is 3.14. The first-order valence-electron chi connectivity index (χ1n) is 8.24. The molecule has 0 aliphatic rings. The van der Waals surface area contributed by atoms with Crippen LogP contribution in [0.25, 0.3) is 0 Å². The lowest BCUT2D eigenvalue weighted by Crippen LogP contribution is -2.19. The number of nitrogens with zero attached hydrogens (tertiary/aromatic N) is 2. The van der Waals surface area contributed by atoms with E-state index in [9.17, 15) is 4.79 Å². The van der Waals surface area contributed by atoms with Gasteiger partial charge in [0.25, 0.3) is 5.91 Å². The summed E-state index contributed by atoms with van der Waals surface area (Å²) in [7, 11) is 0. The Labute approximate surface area is 152 Å². The van der Waals surface area contributed by atoms with Crippen molar-refractivity contribution in [2.75, 3.05) is 0 Å². The van der Waals surface area contributed by atoms with Gasteiger partial charge in [-0.05, 0) is 54.4 Å². The molecule has 1 heterocycles. The van der Waals surface area contributed by atoms with Gasteiger partial charge in [-0.3, -0.25) is 9.78 Å². The maximum absolute atomic E-state index is 12.0. The van der Waals surface area contributed by atoms with Crippen LogP contribution in [0, 0.1) is 0 Å². The summed E-state index contributed by atoms with van der Waals surface area (Å²) in [4.78, 5) is 15.9. The zero-order valence-electron chi connectivity index (χ0n) is 14.4. The van der Waals surface area contributed by atoms with Gasteiger partial charge in [0.1, 0.15) is 12.4 Å². The molecule has 0 bridgehead atoms. The lowest BCUT2D eigenvalue weighted by Gasteiger charge is -2.07. The van der Waals surface area contributed by atoms with E-state index < -0.39 is 0 Å². The van der Waals surface area contributed by atoms with Crippen LogP contribution in [-0.4, -0.2) is 16.6 Å². The average molecular weight is 345 g/mol. The summed E-state index contributed by atoms with van der Waals surface area (Å²) in [6.45, 7) is 2.36. The van der Waals surface area contributed by atoms with E-state index in [2.05, 4.69) is 15.5 Å². The first kappa shape index (κ1) is 17.4. The first-order chi connectivity index (χ1) is 12.7. The minimum absolute atomic E-state index is 0.269.